The van der Waals surface area contributed by atoms with E-state index in [9.17, 15) is 9.59 Å². The molecule has 0 radical (unpaired) electrons. The zero-order chi connectivity index (χ0) is 18.4. The molecule has 0 unspecified atom stereocenters. The van der Waals surface area contributed by atoms with Gasteiger partial charge in [0.05, 0.1) is 11.8 Å². The summed E-state index contributed by atoms with van der Waals surface area (Å²) in [6.45, 7) is 5.66. The van der Waals surface area contributed by atoms with Gasteiger partial charge < -0.3 is 15.4 Å². The van der Waals surface area contributed by atoms with Crippen LogP contribution in [0.5, 0.6) is 5.75 Å². The molecule has 6 heteroatoms. The molecule has 0 aliphatic heterocycles. The number of para-hydroxylation sites is 2. The summed E-state index contributed by atoms with van der Waals surface area (Å²) in [4.78, 5) is 24.2. The van der Waals surface area contributed by atoms with Crippen molar-refractivity contribution in [2.75, 3.05) is 10.6 Å². The number of aryl methyl sites for hydroxylation is 1. The van der Waals surface area contributed by atoms with E-state index in [1.54, 1.807) is 36.4 Å². The van der Waals surface area contributed by atoms with Crippen molar-refractivity contribution >= 4 is 34.8 Å². The number of hydrogen-bond acceptors (Lipinski definition) is 3. The fraction of sp³-hybridized carbons (Fsp3) is 0.263. The second-order valence-corrected chi connectivity index (χ2v) is 6.33. The molecule has 2 aromatic rings. The van der Waals surface area contributed by atoms with Gasteiger partial charge in [0.25, 0.3) is 0 Å². The van der Waals surface area contributed by atoms with E-state index in [4.69, 9.17) is 16.3 Å². The van der Waals surface area contributed by atoms with Crippen LogP contribution in [0.15, 0.2) is 42.5 Å². The Morgan fingerprint density at radius 2 is 1.68 bits per heavy atom. The molecule has 2 aromatic carbocycles. The summed E-state index contributed by atoms with van der Waals surface area (Å²) < 4.78 is 5.65. The molecule has 132 valence electrons. The van der Waals surface area contributed by atoms with Crippen molar-refractivity contribution in [1.82, 2.24) is 0 Å². The lowest BCUT2D eigenvalue weighted by molar-refractivity contribution is -0.123. The van der Waals surface area contributed by atoms with Gasteiger partial charge in [-0.1, -0.05) is 29.8 Å². The zero-order valence-corrected chi connectivity index (χ0v) is 15.2. The smallest absolute Gasteiger partial charge is 0.233 e. The van der Waals surface area contributed by atoms with Crippen LogP contribution in [0, 0.1) is 6.92 Å². The van der Waals surface area contributed by atoms with Crippen molar-refractivity contribution in [3.05, 3.63) is 53.1 Å². The molecule has 0 aliphatic rings. The van der Waals surface area contributed by atoms with Gasteiger partial charge >= 0.3 is 0 Å². The maximum Gasteiger partial charge on any atom is 0.233 e. The number of nitrogens with one attached hydrogen (secondary N) is 2. The molecule has 0 atom stereocenters. The number of benzene rings is 2. The first-order chi connectivity index (χ1) is 11.8. The first kappa shape index (κ1) is 18.8. The summed E-state index contributed by atoms with van der Waals surface area (Å²) in [6, 6.07) is 12.3. The van der Waals surface area contributed by atoms with E-state index < -0.39 is 11.8 Å². The van der Waals surface area contributed by atoms with Crippen LogP contribution in [0.1, 0.15) is 25.8 Å². The molecule has 0 aromatic heterocycles. The fourth-order valence-electron chi connectivity index (χ4n) is 2.19. The normalized spacial score (nSPS) is 10.4. The number of carbonyl (C=O) groups excluding carboxylic acids is 2. The van der Waals surface area contributed by atoms with E-state index in [-0.39, 0.29) is 12.5 Å². The Morgan fingerprint density at radius 1 is 1.04 bits per heavy atom. The minimum absolute atomic E-state index is 0.0212. The zero-order valence-electron chi connectivity index (χ0n) is 14.4. The Hall–Kier alpha value is -2.53. The van der Waals surface area contributed by atoms with Gasteiger partial charge in [0.1, 0.15) is 12.2 Å². The molecular formula is C19H21ClN2O3. The summed E-state index contributed by atoms with van der Waals surface area (Å²) >= 11 is 5.93. The van der Waals surface area contributed by atoms with Gasteiger partial charge in [0.2, 0.25) is 11.8 Å². The van der Waals surface area contributed by atoms with Gasteiger partial charge in [0.15, 0.2) is 0 Å². The minimum atomic E-state index is -0.419. The first-order valence-electron chi connectivity index (χ1n) is 7.96. The van der Waals surface area contributed by atoms with E-state index in [1.807, 2.05) is 26.8 Å². The molecule has 0 spiro atoms. The lowest BCUT2D eigenvalue weighted by atomic mass is 10.2. The molecule has 0 heterocycles. The van der Waals surface area contributed by atoms with Crippen LogP contribution in [-0.4, -0.2) is 17.9 Å². The van der Waals surface area contributed by atoms with E-state index in [1.165, 1.54) is 0 Å². The molecule has 0 saturated heterocycles. The third kappa shape index (κ3) is 5.80. The van der Waals surface area contributed by atoms with Crippen LogP contribution >= 0.6 is 11.6 Å². The highest BCUT2D eigenvalue weighted by atomic mass is 35.5. The van der Waals surface area contributed by atoms with Crippen LogP contribution in [0.2, 0.25) is 5.02 Å². The van der Waals surface area contributed by atoms with E-state index in [0.29, 0.717) is 22.1 Å². The third-order valence-electron chi connectivity index (χ3n) is 3.32. The predicted octanol–water partition coefficient (Wildman–Crippen LogP) is 4.40. The summed E-state index contributed by atoms with van der Waals surface area (Å²) in [5.41, 5.74) is 2.00. The van der Waals surface area contributed by atoms with Gasteiger partial charge in [-0.05, 0) is 50.6 Å². The predicted molar refractivity (Wildman–Crippen MR) is 100 cm³/mol. The summed E-state index contributed by atoms with van der Waals surface area (Å²) in [6.07, 6.45) is -0.325. The van der Waals surface area contributed by atoms with Crippen LogP contribution in [0.3, 0.4) is 0 Å². The highest BCUT2D eigenvalue weighted by Gasteiger charge is 2.13. The minimum Gasteiger partial charge on any atom is -0.489 e. The Balaban J connectivity index is 1.98. The lowest BCUT2D eigenvalue weighted by Crippen LogP contribution is -2.22. The van der Waals surface area contributed by atoms with Gasteiger partial charge in [-0.2, -0.15) is 0 Å². The summed E-state index contributed by atoms with van der Waals surface area (Å²) in [7, 11) is 0. The molecule has 0 saturated carbocycles. The maximum atomic E-state index is 12.1. The average molecular weight is 361 g/mol. The van der Waals surface area contributed by atoms with Crippen molar-refractivity contribution < 1.29 is 14.3 Å². The van der Waals surface area contributed by atoms with E-state index in [0.717, 1.165) is 5.56 Å². The molecule has 2 amide bonds. The molecule has 2 N–H and O–H groups in total. The van der Waals surface area contributed by atoms with Crippen LogP contribution in [0.25, 0.3) is 0 Å². The Bertz CT molecular complexity index is 775. The van der Waals surface area contributed by atoms with Crippen LogP contribution in [-0.2, 0) is 9.59 Å². The number of ether oxygens (including phenoxy) is 1. The van der Waals surface area contributed by atoms with Gasteiger partial charge in [0, 0.05) is 10.7 Å². The van der Waals surface area contributed by atoms with Gasteiger partial charge in [-0.25, -0.2) is 0 Å². The monoisotopic (exact) mass is 360 g/mol. The van der Waals surface area contributed by atoms with Crippen molar-refractivity contribution in [2.24, 2.45) is 0 Å². The van der Waals surface area contributed by atoms with Crippen molar-refractivity contribution in [3.8, 4) is 5.75 Å². The Kier molecular flexibility index (Phi) is 6.42. The van der Waals surface area contributed by atoms with Crippen molar-refractivity contribution in [3.63, 3.8) is 0 Å². The molecule has 2 rings (SSSR count). The molecule has 0 fully saturated rings. The molecular weight excluding hydrogens is 340 g/mol. The van der Waals surface area contributed by atoms with Crippen LogP contribution < -0.4 is 15.4 Å². The number of halogens is 1. The average Bonchev–Trinajstić information content (AvgIpc) is 2.52. The van der Waals surface area contributed by atoms with Crippen molar-refractivity contribution in [2.45, 2.75) is 33.3 Å². The SMILES string of the molecule is Cc1ccc(Cl)cc1NC(=O)CC(=O)Nc1ccccc1OC(C)C. The summed E-state index contributed by atoms with van der Waals surface area (Å²) in [5.74, 6) is -0.265. The van der Waals surface area contributed by atoms with E-state index >= 15 is 0 Å². The fourth-order valence-corrected chi connectivity index (χ4v) is 2.36. The van der Waals surface area contributed by atoms with Gasteiger partial charge in [-0.15, -0.1) is 0 Å². The number of amides is 2. The largest absolute Gasteiger partial charge is 0.489 e. The molecule has 5 nitrogen and oxygen atoms in total. The Morgan fingerprint density at radius 3 is 2.36 bits per heavy atom. The number of rotatable bonds is 6. The highest BCUT2D eigenvalue weighted by Crippen LogP contribution is 2.25. The third-order valence-corrected chi connectivity index (χ3v) is 3.55. The summed E-state index contributed by atoms with van der Waals surface area (Å²) in [5, 5.41) is 5.93. The maximum absolute atomic E-state index is 12.1. The second kappa shape index (κ2) is 8.53. The number of hydrogen-bond donors (Lipinski definition) is 2. The lowest BCUT2D eigenvalue weighted by Gasteiger charge is -2.15. The van der Waals surface area contributed by atoms with E-state index in [2.05, 4.69) is 10.6 Å². The number of anilines is 2. The highest BCUT2D eigenvalue weighted by molar-refractivity contribution is 6.31. The molecule has 0 aliphatic carbocycles. The van der Waals surface area contributed by atoms with Crippen molar-refractivity contribution in [1.29, 1.82) is 0 Å². The molecule has 0 bridgehead atoms. The topological polar surface area (TPSA) is 67.4 Å². The quantitative estimate of drug-likeness (QED) is 0.750. The first-order valence-corrected chi connectivity index (χ1v) is 8.34. The Labute approximate surface area is 152 Å². The molecule has 25 heavy (non-hydrogen) atoms. The standard InChI is InChI=1S/C19H21ClN2O3/c1-12(2)25-17-7-5-4-6-15(17)21-18(23)11-19(24)22-16-10-14(20)9-8-13(16)3/h4-10,12H,11H2,1-3H3,(H,21,23)(H,22,24). The number of carbonyl (C=O) groups is 2. The van der Waals surface area contributed by atoms with Gasteiger partial charge in [-0.3, -0.25) is 9.59 Å². The van der Waals surface area contributed by atoms with Crippen LogP contribution in [0.4, 0.5) is 11.4 Å². The second-order valence-electron chi connectivity index (χ2n) is 5.90.